The Bertz CT molecular complexity index is 674. The summed E-state index contributed by atoms with van der Waals surface area (Å²) in [7, 11) is 0. The summed E-state index contributed by atoms with van der Waals surface area (Å²) in [6.45, 7) is 0. The second-order valence-electron chi connectivity index (χ2n) is 3.85. The summed E-state index contributed by atoms with van der Waals surface area (Å²) in [5.74, 6) is 0. The number of benzene rings is 1. The molecule has 0 saturated carbocycles. The summed E-state index contributed by atoms with van der Waals surface area (Å²) < 4.78 is 37.9. The van der Waals surface area contributed by atoms with E-state index in [1.165, 1.54) is 12.1 Å². The van der Waals surface area contributed by atoms with Crippen LogP contribution >= 0.6 is 11.6 Å². The topological polar surface area (TPSA) is 56.0 Å². The lowest BCUT2D eigenvalue weighted by Gasteiger charge is -2.09. The zero-order chi connectivity index (χ0) is 14.9. The molecule has 8 heteroatoms. The number of rotatable bonds is 2. The number of pyridine rings is 1. The molecule has 0 saturated heterocycles. The Morgan fingerprint density at radius 2 is 1.90 bits per heavy atom. The maximum atomic E-state index is 12.6. The fourth-order valence-electron chi connectivity index (χ4n) is 1.58. The molecule has 0 spiro atoms. The van der Waals surface area contributed by atoms with Gasteiger partial charge >= 0.3 is 6.18 Å². The molecular weight excluding hydrogens is 297 g/mol. The average molecular weight is 303 g/mol. The van der Waals surface area contributed by atoms with Crippen LogP contribution in [-0.4, -0.2) is 9.91 Å². The number of nitrogens with zero attached hydrogens (tertiary/aromatic N) is 2. The van der Waals surface area contributed by atoms with E-state index >= 15 is 0 Å². The van der Waals surface area contributed by atoms with Crippen LogP contribution in [-0.2, 0) is 6.18 Å². The number of hydrogen-bond donors (Lipinski definition) is 0. The van der Waals surface area contributed by atoms with Gasteiger partial charge in [0.25, 0.3) is 5.69 Å². The summed E-state index contributed by atoms with van der Waals surface area (Å²) in [5.41, 5.74) is -1.17. The van der Waals surface area contributed by atoms with Crippen LogP contribution in [0.2, 0.25) is 5.02 Å². The number of aromatic nitrogens is 1. The quantitative estimate of drug-likeness (QED) is 0.613. The Kier molecular flexibility index (Phi) is 3.63. The predicted molar refractivity (Wildman–Crippen MR) is 66.3 cm³/mol. The number of halogens is 4. The van der Waals surface area contributed by atoms with Crippen LogP contribution in [0.15, 0.2) is 36.5 Å². The highest BCUT2D eigenvalue weighted by molar-refractivity contribution is 6.33. The Morgan fingerprint density at radius 1 is 1.20 bits per heavy atom. The van der Waals surface area contributed by atoms with Crippen LogP contribution in [0.4, 0.5) is 18.9 Å². The van der Waals surface area contributed by atoms with Crippen molar-refractivity contribution in [3.63, 3.8) is 0 Å². The summed E-state index contributed by atoms with van der Waals surface area (Å²) in [6, 6.07) is 5.11. The lowest BCUT2D eigenvalue weighted by Crippen LogP contribution is -2.05. The van der Waals surface area contributed by atoms with Crippen molar-refractivity contribution in [2.75, 3.05) is 0 Å². The number of hydrogen-bond acceptors (Lipinski definition) is 3. The van der Waals surface area contributed by atoms with Gasteiger partial charge in [-0.2, -0.15) is 13.2 Å². The van der Waals surface area contributed by atoms with Gasteiger partial charge in [0.05, 0.1) is 21.2 Å². The molecule has 0 aliphatic carbocycles. The average Bonchev–Trinajstić information content (AvgIpc) is 2.38. The molecule has 0 unspecified atom stereocenters. The van der Waals surface area contributed by atoms with Crippen molar-refractivity contribution in [2.45, 2.75) is 6.18 Å². The molecule has 2 rings (SSSR count). The molecule has 1 heterocycles. The SMILES string of the molecule is O=[N+]([O-])c1ccc(Cl)c(-c2cc(C(F)(F)F)ccn2)c1. The van der Waals surface area contributed by atoms with Gasteiger partial charge in [-0.15, -0.1) is 0 Å². The Balaban J connectivity index is 2.57. The van der Waals surface area contributed by atoms with Crippen LogP contribution < -0.4 is 0 Å². The van der Waals surface area contributed by atoms with E-state index in [2.05, 4.69) is 4.98 Å². The standard InChI is InChI=1S/C12H6ClF3N2O2/c13-10-2-1-8(18(19)20)6-9(10)11-5-7(3-4-17-11)12(14,15)16/h1-6H. The predicted octanol–water partition coefficient (Wildman–Crippen LogP) is 4.33. The summed E-state index contributed by atoms with van der Waals surface area (Å²) >= 11 is 5.86. The molecule has 0 fully saturated rings. The maximum absolute atomic E-state index is 12.6. The van der Waals surface area contributed by atoms with Crippen LogP contribution in [0, 0.1) is 10.1 Å². The van der Waals surface area contributed by atoms with Gasteiger partial charge in [0.1, 0.15) is 0 Å². The van der Waals surface area contributed by atoms with E-state index in [1.54, 1.807) is 0 Å². The summed E-state index contributed by atoms with van der Waals surface area (Å²) in [4.78, 5) is 13.8. The molecule has 0 aliphatic heterocycles. The van der Waals surface area contributed by atoms with Gasteiger partial charge < -0.3 is 0 Å². The fraction of sp³-hybridized carbons (Fsp3) is 0.0833. The minimum atomic E-state index is -4.52. The molecule has 0 bridgehead atoms. The van der Waals surface area contributed by atoms with Gasteiger partial charge in [-0.25, -0.2) is 0 Å². The molecule has 0 amide bonds. The third kappa shape index (κ3) is 2.88. The lowest BCUT2D eigenvalue weighted by atomic mass is 10.1. The minimum absolute atomic E-state index is 0.0754. The first-order valence-corrected chi connectivity index (χ1v) is 5.64. The monoisotopic (exact) mass is 302 g/mol. The molecule has 4 nitrogen and oxygen atoms in total. The maximum Gasteiger partial charge on any atom is 0.416 e. The van der Waals surface area contributed by atoms with E-state index in [1.807, 2.05) is 0 Å². The van der Waals surface area contributed by atoms with Crippen LogP contribution in [0.3, 0.4) is 0 Å². The van der Waals surface area contributed by atoms with Gasteiger partial charge in [0.2, 0.25) is 0 Å². The Labute approximate surface area is 116 Å². The zero-order valence-electron chi connectivity index (χ0n) is 9.69. The van der Waals surface area contributed by atoms with Gasteiger partial charge in [0, 0.05) is 23.9 Å². The minimum Gasteiger partial charge on any atom is -0.258 e. The molecule has 20 heavy (non-hydrogen) atoms. The second-order valence-corrected chi connectivity index (χ2v) is 4.26. The third-order valence-corrected chi connectivity index (χ3v) is 2.85. The van der Waals surface area contributed by atoms with Crippen molar-refractivity contribution in [1.29, 1.82) is 0 Å². The molecule has 0 N–H and O–H groups in total. The molecule has 2 aromatic rings. The fourth-order valence-corrected chi connectivity index (χ4v) is 1.79. The lowest BCUT2D eigenvalue weighted by molar-refractivity contribution is -0.384. The van der Waals surface area contributed by atoms with Crippen molar-refractivity contribution in [2.24, 2.45) is 0 Å². The first-order chi connectivity index (χ1) is 9.29. The van der Waals surface area contributed by atoms with E-state index in [0.717, 1.165) is 24.4 Å². The highest BCUT2D eigenvalue weighted by Gasteiger charge is 2.31. The van der Waals surface area contributed by atoms with Gasteiger partial charge in [-0.3, -0.25) is 15.1 Å². The van der Waals surface area contributed by atoms with Crippen LogP contribution in [0.5, 0.6) is 0 Å². The van der Waals surface area contributed by atoms with Crippen molar-refractivity contribution in [3.8, 4) is 11.3 Å². The normalized spacial score (nSPS) is 11.4. The molecule has 0 radical (unpaired) electrons. The largest absolute Gasteiger partial charge is 0.416 e. The van der Waals surface area contributed by atoms with E-state index in [-0.39, 0.29) is 22.0 Å². The first kappa shape index (κ1) is 14.3. The van der Waals surface area contributed by atoms with Crippen LogP contribution in [0.1, 0.15) is 5.56 Å². The smallest absolute Gasteiger partial charge is 0.258 e. The van der Waals surface area contributed by atoms with Crippen molar-refractivity contribution in [1.82, 2.24) is 4.98 Å². The zero-order valence-corrected chi connectivity index (χ0v) is 10.4. The van der Waals surface area contributed by atoms with E-state index in [4.69, 9.17) is 11.6 Å². The highest BCUT2D eigenvalue weighted by Crippen LogP contribution is 2.34. The van der Waals surface area contributed by atoms with E-state index in [0.29, 0.717) is 0 Å². The van der Waals surface area contributed by atoms with Crippen molar-refractivity contribution < 1.29 is 18.1 Å². The number of nitro benzene ring substituents is 1. The van der Waals surface area contributed by atoms with E-state index < -0.39 is 16.7 Å². The molecule has 0 aliphatic rings. The van der Waals surface area contributed by atoms with Crippen molar-refractivity contribution >= 4 is 17.3 Å². The summed E-state index contributed by atoms with van der Waals surface area (Å²) in [5, 5.41) is 10.8. The molecular formula is C12H6ClF3N2O2. The number of non-ortho nitro benzene ring substituents is 1. The van der Waals surface area contributed by atoms with Gasteiger partial charge in [0.15, 0.2) is 0 Å². The molecule has 1 aromatic heterocycles. The highest BCUT2D eigenvalue weighted by atomic mass is 35.5. The Hall–Kier alpha value is -2.15. The summed E-state index contributed by atoms with van der Waals surface area (Å²) in [6.07, 6.45) is -3.54. The van der Waals surface area contributed by atoms with E-state index in [9.17, 15) is 23.3 Å². The number of nitro groups is 1. The van der Waals surface area contributed by atoms with Crippen LogP contribution in [0.25, 0.3) is 11.3 Å². The van der Waals surface area contributed by atoms with Gasteiger partial charge in [-0.05, 0) is 18.2 Å². The first-order valence-electron chi connectivity index (χ1n) is 5.26. The molecule has 0 atom stereocenters. The van der Waals surface area contributed by atoms with Crippen molar-refractivity contribution in [3.05, 3.63) is 57.2 Å². The third-order valence-electron chi connectivity index (χ3n) is 2.52. The molecule has 104 valence electrons. The number of alkyl halides is 3. The second kappa shape index (κ2) is 5.09. The Morgan fingerprint density at radius 3 is 2.50 bits per heavy atom. The van der Waals surface area contributed by atoms with Gasteiger partial charge in [-0.1, -0.05) is 11.6 Å². The molecule has 1 aromatic carbocycles.